The number of nitrogens with zero attached hydrogens (tertiary/aromatic N) is 1. The largest absolute Gasteiger partial charge is 0.480 e. The van der Waals surface area contributed by atoms with Crippen molar-refractivity contribution in [3.05, 3.63) is 34.2 Å². The molecule has 19 heavy (non-hydrogen) atoms. The molecule has 0 aliphatic rings. The molecule has 5 heteroatoms. The topological polar surface area (TPSA) is 62.2 Å². The number of aliphatic carboxylic acids is 1. The average molecular weight is 276 g/mol. The van der Waals surface area contributed by atoms with Crippen molar-refractivity contribution in [2.75, 3.05) is 11.9 Å². The normalized spacial score (nSPS) is 10.5. The van der Waals surface area contributed by atoms with E-state index in [1.54, 1.807) is 0 Å². The second-order valence-corrected chi connectivity index (χ2v) is 5.69. The van der Waals surface area contributed by atoms with Crippen LogP contribution in [0.15, 0.2) is 18.2 Å². The smallest absolute Gasteiger partial charge is 0.322 e. The summed E-state index contributed by atoms with van der Waals surface area (Å²) in [6, 6.07) is 6.25. The predicted molar refractivity (Wildman–Crippen MR) is 77.9 cm³/mol. The molecule has 0 radical (unpaired) electrons. The summed E-state index contributed by atoms with van der Waals surface area (Å²) < 4.78 is 0. The second-order valence-electron chi connectivity index (χ2n) is 4.49. The van der Waals surface area contributed by atoms with Crippen molar-refractivity contribution >= 4 is 22.4 Å². The van der Waals surface area contributed by atoms with E-state index in [0.29, 0.717) is 5.13 Å². The lowest BCUT2D eigenvalue weighted by Crippen LogP contribution is -2.11. The lowest BCUT2D eigenvalue weighted by atomic mass is 10.0. The Labute approximate surface area is 116 Å². The van der Waals surface area contributed by atoms with Crippen molar-refractivity contribution in [2.45, 2.75) is 20.8 Å². The van der Waals surface area contributed by atoms with Crippen LogP contribution in [-0.2, 0) is 4.79 Å². The monoisotopic (exact) mass is 276 g/mol. The number of thiazole rings is 1. The van der Waals surface area contributed by atoms with Crippen LogP contribution in [0.25, 0.3) is 11.3 Å². The lowest BCUT2D eigenvalue weighted by molar-refractivity contribution is -0.134. The highest BCUT2D eigenvalue weighted by molar-refractivity contribution is 7.16. The molecule has 0 aliphatic heterocycles. The summed E-state index contributed by atoms with van der Waals surface area (Å²) in [7, 11) is 0. The Morgan fingerprint density at radius 2 is 2.11 bits per heavy atom. The Kier molecular flexibility index (Phi) is 3.85. The zero-order valence-corrected chi connectivity index (χ0v) is 12.0. The number of hydrogen-bond acceptors (Lipinski definition) is 4. The molecule has 1 aromatic heterocycles. The third kappa shape index (κ3) is 3.12. The maximum atomic E-state index is 10.5. The van der Waals surface area contributed by atoms with Crippen LogP contribution in [0.5, 0.6) is 0 Å². The fraction of sp³-hybridized carbons (Fsp3) is 0.286. The highest BCUT2D eigenvalue weighted by atomic mass is 32.1. The zero-order chi connectivity index (χ0) is 14.0. The maximum Gasteiger partial charge on any atom is 0.322 e. The first-order chi connectivity index (χ1) is 8.97. The van der Waals surface area contributed by atoms with Gasteiger partial charge in [0.05, 0.1) is 5.69 Å². The molecule has 0 saturated heterocycles. The quantitative estimate of drug-likeness (QED) is 0.900. The van der Waals surface area contributed by atoms with E-state index in [9.17, 15) is 4.79 Å². The van der Waals surface area contributed by atoms with Crippen molar-refractivity contribution in [1.29, 1.82) is 0 Å². The van der Waals surface area contributed by atoms with Crippen LogP contribution in [0.3, 0.4) is 0 Å². The lowest BCUT2D eigenvalue weighted by Gasteiger charge is -2.05. The Morgan fingerprint density at radius 1 is 1.37 bits per heavy atom. The summed E-state index contributed by atoms with van der Waals surface area (Å²) in [5.41, 5.74) is 4.43. The van der Waals surface area contributed by atoms with Crippen molar-refractivity contribution in [2.24, 2.45) is 0 Å². The van der Waals surface area contributed by atoms with Gasteiger partial charge in [0.15, 0.2) is 5.13 Å². The number of nitrogens with one attached hydrogen (secondary N) is 1. The first-order valence-corrected chi connectivity index (χ1v) is 6.79. The maximum absolute atomic E-state index is 10.5. The van der Waals surface area contributed by atoms with Gasteiger partial charge < -0.3 is 10.4 Å². The third-order valence-corrected chi connectivity index (χ3v) is 3.75. The number of aromatic nitrogens is 1. The van der Waals surface area contributed by atoms with E-state index in [0.717, 1.165) is 16.1 Å². The number of hydrogen-bond donors (Lipinski definition) is 2. The minimum Gasteiger partial charge on any atom is -0.480 e. The molecule has 1 heterocycles. The Balaban J connectivity index is 2.32. The van der Waals surface area contributed by atoms with Gasteiger partial charge in [-0.3, -0.25) is 4.79 Å². The zero-order valence-electron chi connectivity index (χ0n) is 11.2. The van der Waals surface area contributed by atoms with E-state index in [2.05, 4.69) is 42.3 Å². The number of carbonyl (C=O) groups is 1. The van der Waals surface area contributed by atoms with Gasteiger partial charge >= 0.3 is 5.97 Å². The third-order valence-electron chi connectivity index (χ3n) is 2.82. The van der Waals surface area contributed by atoms with Gasteiger partial charge in [0.2, 0.25) is 0 Å². The Bertz CT molecular complexity index is 620. The minimum absolute atomic E-state index is 0.112. The van der Waals surface area contributed by atoms with Crippen LogP contribution in [0.4, 0.5) is 5.13 Å². The molecule has 0 saturated carbocycles. The molecule has 0 spiro atoms. The van der Waals surface area contributed by atoms with Crippen molar-refractivity contribution in [3.8, 4) is 11.3 Å². The summed E-state index contributed by atoms with van der Waals surface area (Å²) in [6.07, 6.45) is 0. The molecule has 100 valence electrons. The molecule has 0 fully saturated rings. The SMILES string of the molecule is Cc1ccc(-c2nc(NCC(=O)O)sc2C)c(C)c1. The van der Waals surface area contributed by atoms with Crippen LogP contribution < -0.4 is 5.32 Å². The molecule has 0 unspecified atom stereocenters. The first kappa shape index (κ1) is 13.5. The van der Waals surface area contributed by atoms with E-state index < -0.39 is 5.97 Å². The number of rotatable bonds is 4. The molecule has 0 amide bonds. The summed E-state index contributed by atoms with van der Waals surface area (Å²) in [6.45, 7) is 6.01. The fourth-order valence-corrected chi connectivity index (χ4v) is 2.78. The number of carboxylic acids is 1. The molecule has 0 atom stereocenters. The molecule has 0 bridgehead atoms. The van der Waals surface area contributed by atoms with E-state index in [4.69, 9.17) is 5.11 Å². The molecule has 2 aromatic rings. The van der Waals surface area contributed by atoms with Gasteiger partial charge in [0.1, 0.15) is 6.54 Å². The van der Waals surface area contributed by atoms with E-state index in [1.807, 2.05) is 6.92 Å². The van der Waals surface area contributed by atoms with E-state index >= 15 is 0 Å². The van der Waals surface area contributed by atoms with Gasteiger partial charge in [0, 0.05) is 10.4 Å². The average Bonchev–Trinajstić information content (AvgIpc) is 2.68. The summed E-state index contributed by atoms with van der Waals surface area (Å²) >= 11 is 1.48. The Hall–Kier alpha value is -1.88. The molecule has 2 rings (SSSR count). The van der Waals surface area contributed by atoms with Crippen molar-refractivity contribution in [1.82, 2.24) is 4.98 Å². The van der Waals surface area contributed by atoms with E-state index in [1.165, 1.54) is 22.5 Å². The van der Waals surface area contributed by atoms with Gasteiger partial charge in [-0.2, -0.15) is 0 Å². The van der Waals surface area contributed by atoms with Gasteiger partial charge in [-0.1, -0.05) is 23.8 Å². The fourth-order valence-electron chi connectivity index (χ4n) is 1.95. The molecule has 2 N–H and O–H groups in total. The van der Waals surface area contributed by atoms with Gasteiger partial charge in [0.25, 0.3) is 0 Å². The number of anilines is 1. The van der Waals surface area contributed by atoms with Crippen LogP contribution >= 0.6 is 11.3 Å². The number of benzene rings is 1. The summed E-state index contributed by atoms with van der Waals surface area (Å²) in [5.74, 6) is -0.888. The van der Waals surface area contributed by atoms with Gasteiger partial charge in [-0.05, 0) is 26.3 Å². The molecule has 1 aromatic carbocycles. The summed E-state index contributed by atoms with van der Waals surface area (Å²) in [5, 5.41) is 12.1. The minimum atomic E-state index is -0.888. The van der Waals surface area contributed by atoms with Crippen molar-refractivity contribution in [3.63, 3.8) is 0 Å². The predicted octanol–water partition coefficient (Wildman–Crippen LogP) is 3.23. The van der Waals surface area contributed by atoms with Crippen LogP contribution in [0, 0.1) is 20.8 Å². The standard InChI is InChI=1S/C14H16N2O2S/c1-8-4-5-11(9(2)6-8)13-10(3)19-14(16-13)15-7-12(17)18/h4-6H,7H2,1-3H3,(H,15,16)(H,17,18). The van der Waals surface area contributed by atoms with Gasteiger partial charge in [-0.15, -0.1) is 11.3 Å². The van der Waals surface area contributed by atoms with E-state index in [-0.39, 0.29) is 6.54 Å². The number of carboxylic acid groups (broad SMARTS) is 1. The van der Waals surface area contributed by atoms with Crippen LogP contribution in [0.2, 0.25) is 0 Å². The van der Waals surface area contributed by atoms with Crippen molar-refractivity contribution < 1.29 is 9.90 Å². The molecular formula is C14H16N2O2S. The summed E-state index contributed by atoms with van der Waals surface area (Å²) in [4.78, 5) is 16.1. The molecular weight excluding hydrogens is 260 g/mol. The second kappa shape index (κ2) is 5.40. The van der Waals surface area contributed by atoms with Crippen LogP contribution in [0.1, 0.15) is 16.0 Å². The molecule has 0 aliphatic carbocycles. The highest BCUT2D eigenvalue weighted by Gasteiger charge is 2.12. The first-order valence-electron chi connectivity index (χ1n) is 5.98. The molecule has 4 nitrogen and oxygen atoms in total. The van der Waals surface area contributed by atoms with Gasteiger partial charge in [-0.25, -0.2) is 4.98 Å². The number of aryl methyl sites for hydroxylation is 3. The van der Waals surface area contributed by atoms with Crippen LogP contribution in [-0.4, -0.2) is 22.6 Å². The Morgan fingerprint density at radius 3 is 2.74 bits per heavy atom. The highest BCUT2D eigenvalue weighted by Crippen LogP contribution is 2.32.